The van der Waals surface area contributed by atoms with Crippen LogP contribution in [0.3, 0.4) is 0 Å². The molecule has 4 heteroatoms. The Hall–Kier alpha value is -1.03. The molecule has 1 heterocycles. The molecule has 1 unspecified atom stereocenters. The summed E-state index contributed by atoms with van der Waals surface area (Å²) in [6.07, 6.45) is 0.895. The predicted octanol–water partition coefficient (Wildman–Crippen LogP) is 4.62. The van der Waals surface area contributed by atoms with Crippen LogP contribution in [0.4, 0.5) is 0 Å². The van der Waals surface area contributed by atoms with Gasteiger partial charge in [-0.05, 0) is 53.4 Å². The number of aliphatic hydroxyl groups is 1. The van der Waals surface area contributed by atoms with E-state index in [4.69, 9.17) is 16.3 Å². The second kappa shape index (κ2) is 5.99. The molecule has 0 aromatic heterocycles. The van der Waals surface area contributed by atoms with Crippen molar-refractivity contribution in [3.8, 4) is 5.75 Å². The van der Waals surface area contributed by atoms with Gasteiger partial charge in [-0.2, -0.15) is 0 Å². The zero-order valence-corrected chi connectivity index (χ0v) is 14.0. The zero-order chi connectivity index (χ0) is 15.0. The Kier molecular flexibility index (Phi) is 4.25. The van der Waals surface area contributed by atoms with Crippen molar-refractivity contribution in [2.45, 2.75) is 25.9 Å². The number of hydrogen-bond donors (Lipinski definition) is 1. The highest BCUT2D eigenvalue weighted by molar-refractivity contribution is 9.10. The summed E-state index contributed by atoms with van der Waals surface area (Å²) in [4.78, 5) is 0. The van der Waals surface area contributed by atoms with Crippen molar-refractivity contribution in [3.63, 3.8) is 0 Å². The molecule has 0 saturated heterocycles. The van der Waals surface area contributed by atoms with E-state index < -0.39 is 6.10 Å². The first kappa shape index (κ1) is 14.9. The third-order valence-electron chi connectivity index (χ3n) is 3.83. The molecular weight excluding hydrogens is 352 g/mol. The van der Waals surface area contributed by atoms with E-state index in [1.165, 1.54) is 5.56 Å². The van der Waals surface area contributed by atoms with Gasteiger partial charge in [0.2, 0.25) is 0 Å². The fourth-order valence-electron chi connectivity index (χ4n) is 2.83. The SMILES string of the molecule is Cc1cc(Cl)ccc1C(O)Cc1cc(Br)cc2c1OCC2. The van der Waals surface area contributed by atoms with E-state index >= 15 is 0 Å². The summed E-state index contributed by atoms with van der Waals surface area (Å²) in [7, 11) is 0. The summed E-state index contributed by atoms with van der Waals surface area (Å²) in [5.41, 5.74) is 4.16. The molecule has 21 heavy (non-hydrogen) atoms. The topological polar surface area (TPSA) is 29.5 Å². The molecule has 0 aliphatic carbocycles. The first-order valence-corrected chi connectivity index (χ1v) is 8.10. The summed E-state index contributed by atoms with van der Waals surface area (Å²) >= 11 is 9.50. The predicted molar refractivity (Wildman–Crippen MR) is 88.2 cm³/mol. The standard InChI is InChI=1S/C17H16BrClO2/c1-10-6-14(19)2-3-15(10)16(20)9-12-8-13(18)7-11-4-5-21-17(11)12/h2-3,6-8,16,20H,4-5,9H2,1H3. The number of aryl methyl sites for hydroxylation is 1. The third kappa shape index (κ3) is 3.10. The minimum Gasteiger partial charge on any atom is -0.493 e. The van der Waals surface area contributed by atoms with Crippen molar-refractivity contribution in [2.24, 2.45) is 0 Å². The minimum atomic E-state index is -0.565. The highest BCUT2D eigenvalue weighted by Gasteiger charge is 2.20. The van der Waals surface area contributed by atoms with Gasteiger partial charge in [-0.15, -0.1) is 0 Å². The molecule has 0 saturated carbocycles. The molecule has 1 N–H and O–H groups in total. The Morgan fingerprint density at radius 3 is 2.90 bits per heavy atom. The second-order valence-electron chi connectivity index (χ2n) is 5.37. The summed E-state index contributed by atoms with van der Waals surface area (Å²) in [5.74, 6) is 0.934. The molecule has 110 valence electrons. The maximum absolute atomic E-state index is 10.6. The molecule has 0 spiro atoms. The molecule has 2 nitrogen and oxygen atoms in total. The van der Waals surface area contributed by atoms with E-state index in [9.17, 15) is 5.11 Å². The number of benzene rings is 2. The molecule has 2 aromatic carbocycles. The minimum absolute atomic E-state index is 0.532. The van der Waals surface area contributed by atoms with Gasteiger partial charge in [0.1, 0.15) is 5.75 Å². The first-order valence-electron chi connectivity index (χ1n) is 6.93. The molecule has 1 aliphatic rings. The van der Waals surface area contributed by atoms with Gasteiger partial charge in [0.15, 0.2) is 0 Å². The lowest BCUT2D eigenvalue weighted by Gasteiger charge is -2.16. The maximum Gasteiger partial charge on any atom is 0.125 e. The van der Waals surface area contributed by atoms with Crippen molar-refractivity contribution in [1.82, 2.24) is 0 Å². The molecule has 1 aliphatic heterocycles. The van der Waals surface area contributed by atoms with Gasteiger partial charge in [-0.25, -0.2) is 0 Å². The fourth-order valence-corrected chi connectivity index (χ4v) is 3.61. The Morgan fingerprint density at radius 2 is 2.14 bits per heavy atom. The van der Waals surface area contributed by atoms with Gasteiger partial charge in [0, 0.05) is 22.3 Å². The normalized spacial score (nSPS) is 14.7. The lowest BCUT2D eigenvalue weighted by atomic mass is 9.96. The Labute approximate surface area is 137 Å². The van der Waals surface area contributed by atoms with Crippen molar-refractivity contribution >= 4 is 27.5 Å². The van der Waals surface area contributed by atoms with Gasteiger partial charge >= 0.3 is 0 Å². The average Bonchev–Trinajstić information content (AvgIpc) is 2.86. The van der Waals surface area contributed by atoms with Crippen molar-refractivity contribution in [3.05, 3.63) is 62.1 Å². The van der Waals surface area contributed by atoms with E-state index in [1.807, 2.05) is 31.2 Å². The lowest BCUT2D eigenvalue weighted by molar-refractivity contribution is 0.176. The third-order valence-corrected chi connectivity index (χ3v) is 4.52. The van der Waals surface area contributed by atoms with Crippen molar-refractivity contribution in [2.75, 3.05) is 6.61 Å². The quantitative estimate of drug-likeness (QED) is 0.857. The monoisotopic (exact) mass is 366 g/mol. The van der Waals surface area contributed by atoms with Crippen molar-refractivity contribution in [1.29, 1.82) is 0 Å². The van der Waals surface area contributed by atoms with E-state index in [-0.39, 0.29) is 0 Å². The molecular formula is C17H16BrClO2. The molecule has 2 aromatic rings. The lowest BCUT2D eigenvalue weighted by Crippen LogP contribution is -2.05. The highest BCUT2D eigenvalue weighted by Crippen LogP contribution is 2.36. The van der Waals surface area contributed by atoms with Crippen LogP contribution in [0.2, 0.25) is 5.02 Å². The van der Waals surface area contributed by atoms with E-state index in [0.29, 0.717) is 11.4 Å². The number of aliphatic hydroxyl groups excluding tert-OH is 1. The fraction of sp³-hybridized carbons (Fsp3) is 0.294. The van der Waals surface area contributed by atoms with Crippen LogP contribution in [0.5, 0.6) is 5.75 Å². The van der Waals surface area contributed by atoms with Crippen LogP contribution >= 0.6 is 27.5 Å². The van der Waals surface area contributed by atoms with Gasteiger partial charge in [-0.1, -0.05) is 33.6 Å². The van der Waals surface area contributed by atoms with Crippen LogP contribution in [0.1, 0.15) is 28.4 Å². The largest absolute Gasteiger partial charge is 0.493 e. The van der Waals surface area contributed by atoms with Crippen molar-refractivity contribution < 1.29 is 9.84 Å². The number of halogens is 2. The van der Waals surface area contributed by atoms with Crippen LogP contribution < -0.4 is 4.74 Å². The molecule has 0 fully saturated rings. The Morgan fingerprint density at radius 1 is 1.33 bits per heavy atom. The molecule has 0 bridgehead atoms. The smallest absolute Gasteiger partial charge is 0.125 e. The second-order valence-corrected chi connectivity index (χ2v) is 6.72. The Bertz CT molecular complexity index is 685. The summed E-state index contributed by atoms with van der Waals surface area (Å²) in [6.45, 7) is 2.68. The van der Waals surface area contributed by atoms with E-state index in [2.05, 4.69) is 22.0 Å². The van der Waals surface area contributed by atoms with Gasteiger partial charge in [0.25, 0.3) is 0 Å². The number of rotatable bonds is 3. The first-order chi connectivity index (χ1) is 10.0. The van der Waals surface area contributed by atoms with Gasteiger partial charge < -0.3 is 9.84 Å². The number of hydrogen-bond acceptors (Lipinski definition) is 2. The summed E-state index contributed by atoms with van der Waals surface area (Å²) in [5, 5.41) is 11.2. The molecule has 1 atom stereocenters. The van der Waals surface area contributed by atoms with Crippen LogP contribution in [0.25, 0.3) is 0 Å². The van der Waals surface area contributed by atoms with E-state index in [1.54, 1.807) is 0 Å². The Balaban J connectivity index is 1.90. The average molecular weight is 368 g/mol. The molecule has 3 rings (SSSR count). The number of fused-ring (bicyclic) bond motifs is 1. The highest BCUT2D eigenvalue weighted by atomic mass is 79.9. The van der Waals surface area contributed by atoms with Gasteiger partial charge in [0.05, 0.1) is 12.7 Å². The summed E-state index contributed by atoms with van der Waals surface area (Å²) < 4.78 is 6.75. The van der Waals surface area contributed by atoms with Crippen LogP contribution in [0.15, 0.2) is 34.8 Å². The molecule has 0 radical (unpaired) electrons. The summed E-state index contributed by atoms with van der Waals surface area (Å²) in [6, 6.07) is 9.70. The van der Waals surface area contributed by atoms with Crippen LogP contribution in [0, 0.1) is 6.92 Å². The van der Waals surface area contributed by atoms with Crippen LogP contribution in [-0.2, 0) is 12.8 Å². The maximum atomic E-state index is 10.6. The molecule has 0 amide bonds. The van der Waals surface area contributed by atoms with Crippen LogP contribution in [-0.4, -0.2) is 11.7 Å². The number of ether oxygens (including phenoxy) is 1. The van der Waals surface area contributed by atoms with Gasteiger partial charge in [-0.3, -0.25) is 0 Å². The zero-order valence-electron chi connectivity index (χ0n) is 11.7. The van der Waals surface area contributed by atoms with E-state index in [0.717, 1.165) is 39.9 Å².